The van der Waals surface area contributed by atoms with Crippen LogP contribution < -0.4 is 11.1 Å². The number of thiocarbonyl (C=S) groups is 1. The fourth-order valence-corrected chi connectivity index (χ4v) is 1.15. The fourth-order valence-electron chi connectivity index (χ4n) is 1.04. The second kappa shape index (κ2) is 8.47. The zero-order valence-electron chi connectivity index (χ0n) is 10.3. The van der Waals surface area contributed by atoms with Crippen LogP contribution in [0.1, 0.15) is 33.6 Å². The Morgan fingerprint density at radius 2 is 2.00 bits per heavy atom. The molecule has 0 fully saturated rings. The van der Waals surface area contributed by atoms with Crippen LogP contribution in [0.15, 0.2) is 0 Å². The first-order valence-electron chi connectivity index (χ1n) is 5.63. The molecule has 1 amide bonds. The van der Waals surface area contributed by atoms with Crippen molar-refractivity contribution in [2.45, 2.75) is 39.7 Å². The van der Waals surface area contributed by atoms with Crippen LogP contribution in [0.4, 0.5) is 0 Å². The molecule has 94 valence electrons. The molecule has 0 heterocycles. The monoisotopic (exact) mass is 246 g/mol. The first-order chi connectivity index (χ1) is 7.45. The smallest absolute Gasteiger partial charge is 0.229 e. The highest BCUT2D eigenvalue weighted by Gasteiger charge is 2.14. The van der Waals surface area contributed by atoms with Gasteiger partial charge in [-0.3, -0.25) is 4.79 Å². The second-order valence-corrected chi connectivity index (χ2v) is 4.51. The zero-order chi connectivity index (χ0) is 12.6. The van der Waals surface area contributed by atoms with Gasteiger partial charge in [0.15, 0.2) is 0 Å². The molecule has 0 radical (unpaired) electrons. The highest BCUT2D eigenvalue weighted by molar-refractivity contribution is 7.80. The molecule has 1 atom stereocenters. The van der Waals surface area contributed by atoms with Gasteiger partial charge >= 0.3 is 0 Å². The Morgan fingerprint density at radius 1 is 1.38 bits per heavy atom. The molecule has 3 N–H and O–H groups in total. The lowest BCUT2D eigenvalue weighted by atomic mass is 10.1. The Hall–Kier alpha value is -0.680. The van der Waals surface area contributed by atoms with Gasteiger partial charge in [0.25, 0.3) is 0 Å². The Labute approximate surface area is 103 Å². The summed E-state index contributed by atoms with van der Waals surface area (Å²) in [6, 6.07) is 0. The first kappa shape index (κ1) is 15.3. The number of nitrogens with two attached hydrogens (primary N) is 1. The van der Waals surface area contributed by atoms with Crippen LogP contribution in [0, 0.1) is 5.92 Å². The van der Waals surface area contributed by atoms with Crippen LogP contribution in [0.25, 0.3) is 0 Å². The predicted molar refractivity (Wildman–Crippen MR) is 69.3 cm³/mol. The van der Waals surface area contributed by atoms with Gasteiger partial charge in [0.05, 0.1) is 17.0 Å². The van der Waals surface area contributed by atoms with Gasteiger partial charge in [-0.25, -0.2) is 0 Å². The summed E-state index contributed by atoms with van der Waals surface area (Å²) in [6.07, 6.45) is 2.12. The number of hydrogen-bond acceptors (Lipinski definition) is 3. The van der Waals surface area contributed by atoms with Gasteiger partial charge in [-0.1, -0.05) is 12.2 Å². The molecule has 0 rings (SSSR count). The van der Waals surface area contributed by atoms with E-state index >= 15 is 0 Å². The van der Waals surface area contributed by atoms with Gasteiger partial charge in [-0.2, -0.15) is 0 Å². The predicted octanol–water partition coefficient (Wildman–Crippen LogP) is 1.23. The Morgan fingerprint density at radius 3 is 2.50 bits per heavy atom. The van der Waals surface area contributed by atoms with Gasteiger partial charge < -0.3 is 15.8 Å². The molecule has 0 aromatic heterocycles. The molecule has 0 aliphatic carbocycles. The number of carbonyl (C=O) groups excluding carboxylic acids is 1. The second-order valence-electron chi connectivity index (χ2n) is 4.04. The molecule has 16 heavy (non-hydrogen) atoms. The van der Waals surface area contributed by atoms with E-state index in [1.807, 2.05) is 13.8 Å². The van der Waals surface area contributed by atoms with Crippen molar-refractivity contribution in [1.82, 2.24) is 5.32 Å². The first-order valence-corrected chi connectivity index (χ1v) is 6.04. The molecule has 0 saturated carbocycles. The average molecular weight is 246 g/mol. The third-order valence-electron chi connectivity index (χ3n) is 2.14. The van der Waals surface area contributed by atoms with Crippen LogP contribution >= 0.6 is 12.2 Å². The number of amides is 1. The van der Waals surface area contributed by atoms with Crippen molar-refractivity contribution in [2.75, 3.05) is 13.2 Å². The molecule has 0 aliphatic rings. The van der Waals surface area contributed by atoms with Gasteiger partial charge in [0.1, 0.15) is 0 Å². The van der Waals surface area contributed by atoms with Crippen LogP contribution in [0.3, 0.4) is 0 Å². The van der Waals surface area contributed by atoms with Gasteiger partial charge in [-0.05, 0) is 33.6 Å². The Bertz CT molecular complexity index is 232. The van der Waals surface area contributed by atoms with Crippen molar-refractivity contribution in [2.24, 2.45) is 11.7 Å². The molecule has 0 aliphatic heterocycles. The summed E-state index contributed by atoms with van der Waals surface area (Å²) >= 11 is 4.74. The maximum Gasteiger partial charge on any atom is 0.229 e. The summed E-state index contributed by atoms with van der Waals surface area (Å²) in [7, 11) is 0. The highest BCUT2D eigenvalue weighted by Crippen LogP contribution is 1.96. The van der Waals surface area contributed by atoms with Crippen molar-refractivity contribution in [3.8, 4) is 0 Å². The average Bonchev–Trinajstić information content (AvgIpc) is 2.21. The number of ether oxygens (including phenoxy) is 1. The number of rotatable bonds is 8. The van der Waals surface area contributed by atoms with Crippen LogP contribution in [0.2, 0.25) is 0 Å². The third kappa shape index (κ3) is 7.59. The summed E-state index contributed by atoms with van der Waals surface area (Å²) in [5.41, 5.74) is 5.37. The minimum absolute atomic E-state index is 0.0997. The highest BCUT2D eigenvalue weighted by atomic mass is 32.1. The van der Waals surface area contributed by atoms with E-state index in [1.165, 1.54) is 0 Å². The molecule has 1 unspecified atom stereocenters. The van der Waals surface area contributed by atoms with E-state index in [0.717, 1.165) is 19.4 Å². The molecule has 0 saturated heterocycles. The number of hydrogen-bond donors (Lipinski definition) is 2. The Balaban J connectivity index is 3.45. The number of carbonyl (C=O) groups is 1. The lowest BCUT2D eigenvalue weighted by Gasteiger charge is -2.11. The van der Waals surface area contributed by atoms with Crippen LogP contribution in [0.5, 0.6) is 0 Å². The minimum atomic E-state index is -0.387. The van der Waals surface area contributed by atoms with Crippen molar-refractivity contribution < 1.29 is 9.53 Å². The van der Waals surface area contributed by atoms with Crippen molar-refractivity contribution in [3.05, 3.63) is 0 Å². The van der Waals surface area contributed by atoms with E-state index in [-0.39, 0.29) is 22.9 Å². The summed E-state index contributed by atoms with van der Waals surface area (Å²) in [6.45, 7) is 7.10. The third-order valence-corrected chi connectivity index (χ3v) is 2.50. The largest absolute Gasteiger partial charge is 0.393 e. The zero-order valence-corrected chi connectivity index (χ0v) is 11.1. The van der Waals surface area contributed by atoms with E-state index in [4.69, 9.17) is 22.7 Å². The number of nitrogens with one attached hydrogen (secondary N) is 1. The molecule has 0 bridgehead atoms. The maximum absolute atomic E-state index is 11.4. The Kier molecular flexibility index (Phi) is 8.11. The standard InChI is InChI=1S/C11H22N2O2S/c1-8(2)15-7-5-4-6-13-11(14)9(3)10(12)16/h8-9H,4-7H2,1-3H3,(H2,12,16)(H,13,14). The molecule has 4 nitrogen and oxygen atoms in total. The van der Waals surface area contributed by atoms with Crippen molar-refractivity contribution in [1.29, 1.82) is 0 Å². The summed E-state index contributed by atoms with van der Waals surface area (Å²) < 4.78 is 5.38. The van der Waals surface area contributed by atoms with E-state index in [9.17, 15) is 4.79 Å². The van der Waals surface area contributed by atoms with Crippen molar-refractivity contribution in [3.63, 3.8) is 0 Å². The van der Waals surface area contributed by atoms with Crippen molar-refractivity contribution >= 4 is 23.1 Å². The maximum atomic E-state index is 11.4. The molecule has 0 aromatic carbocycles. The molecular formula is C11H22N2O2S. The van der Waals surface area contributed by atoms with Gasteiger partial charge in [0.2, 0.25) is 5.91 Å². The van der Waals surface area contributed by atoms with Gasteiger partial charge in [0, 0.05) is 13.2 Å². The summed E-state index contributed by atoms with van der Waals surface area (Å²) in [4.78, 5) is 11.7. The molecule has 0 spiro atoms. The van der Waals surface area contributed by atoms with Crippen LogP contribution in [-0.4, -0.2) is 30.2 Å². The lowest BCUT2D eigenvalue weighted by molar-refractivity contribution is -0.122. The number of unbranched alkanes of at least 4 members (excludes halogenated alkanes) is 1. The van der Waals surface area contributed by atoms with E-state index in [2.05, 4.69) is 5.32 Å². The minimum Gasteiger partial charge on any atom is -0.393 e. The van der Waals surface area contributed by atoms with Gasteiger partial charge in [-0.15, -0.1) is 0 Å². The quantitative estimate of drug-likeness (QED) is 0.499. The molecular weight excluding hydrogens is 224 g/mol. The molecule has 0 aromatic rings. The SMILES string of the molecule is CC(C)OCCCCNC(=O)C(C)C(N)=S. The van der Waals surface area contributed by atoms with Crippen LogP contribution in [-0.2, 0) is 9.53 Å². The fraction of sp³-hybridized carbons (Fsp3) is 0.818. The topological polar surface area (TPSA) is 64.3 Å². The van der Waals surface area contributed by atoms with E-state index < -0.39 is 0 Å². The summed E-state index contributed by atoms with van der Waals surface area (Å²) in [5.74, 6) is -0.487. The van der Waals surface area contributed by atoms with E-state index in [0.29, 0.717) is 6.54 Å². The normalized spacial score (nSPS) is 12.5. The molecule has 5 heteroatoms. The summed E-state index contributed by atoms with van der Waals surface area (Å²) in [5, 5.41) is 2.79. The van der Waals surface area contributed by atoms with E-state index in [1.54, 1.807) is 6.92 Å². The lowest BCUT2D eigenvalue weighted by Crippen LogP contribution is -2.36.